The number of ether oxygens (including phenoxy) is 2. The van der Waals surface area contributed by atoms with E-state index in [0.29, 0.717) is 39.1 Å². The zero-order valence-electron chi connectivity index (χ0n) is 30.4. The van der Waals surface area contributed by atoms with Crippen molar-refractivity contribution in [1.82, 2.24) is 0 Å². The highest BCUT2D eigenvalue weighted by Gasteiger charge is 2.26. The largest absolute Gasteiger partial charge is 0.466 e. The molecule has 0 unspecified atom stereocenters. The van der Waals surface area contributed by atoms with Crippen LogP contribution < -0.4 is 0 Å². The van der Waals surface area contributed by atoms with Gasteiger partial charge in [-0.05, 0) is 38.5 Å². The number of hydrogen-bond acceptors (Lipinski definition) is 5. The molecule has 0 aliphatic carbocycles. The minimum Gasteiger partial charge on any atom is -0.466 e. The van der Waals surface area contributed by atoms with Crippen molar-refractivity contribution >= 4 is 11.9 Å². The maximum Gasteiger partial charge on any atom is 0.305 e. The average Bonchev–Trinajstić information content (AvgIpc) is 2.94. The Hall–Kier alpha value is -1.18. The van der Waals surface area contributed by atoms with Crippen LogP contribution in [0.1, 0.15) is 155 Å². The third kappa shape index (κ3) is 29.5. The summed E-state index contributed by atoms with van der Waals surface area (Å²) in [5, 5.41) is 10.9. The maximum atomic E-state index is 12.0. The molecule has 0 aliphatic heterocycles. The van der Waals surface area contributed by atoms with Gasteiger partial charge in [0.1, 0.15) is 13.1 Å². The molecular weight excluding hydrogens is 552 g/mol. The summed E-state index contributed by atoms with van der Waals surface area (Å²) in [6, 6.07) is 0. The molecule has 0 aliphatic rings. The van der Waals surface area contributed by atoms with Crippen molar-refractivity contribution in [2.24, 2.45) is 0 Å². The van der Waals surface area contributed by atoms with Crippen LogP contribution in [0.5, 0.6) is 0 Å². The van der Waals surface area contributed by atoms with Gasteiger partial charge in [-0.1, -0.05) is 104 Å². The Morgan fingerprint density at radius 1 is 0.500 bits per heavy atom. The van der Waals surface area contributed by atoms with Crippen molar-refractivity contribution in [3.8, 4) is 0 Å². The number of hydrogen-bond donors (Lipinski definition) is 1. The van der Waals surface area contributed by atoms with Gasteiger partial charge in [-0.3, -0.25) is 9.59 Å². The molecule has 44 heavy (non-hydrogen) atoms. The molecule has 0 saturated heterocycles. The van der Waals surface area contributed by atoms with Gasteiger partial charge >= 0.3 is 11.9 Å². The second kappa shape index (κ2) is 28.1. The van der Waals surface area contributed by atoms with Gasteiger partial charge in [0.25, 0.3) is 0 Å². The standard InChI is InChI=1S/C37H76N2O5/c1-7-9-11-13-15-17-19-21-27-36(41)43-31-25-23-29-38(3,4)33-35(40)34-39(5,6)30-24-26-32-44-37(42)28-22-20-18-16-14-12-10-8-2/h35,40H,7-34H2,1-6H3/q+2. The van der Waals surface area contributed by atoms with Crippen LogP contribution in [0.3, 0.4) is 0 Å². The fourth-order valence-electron chi connectivity index (χ4n) is 5.99. The first-order valence-corrected chi connectivity index (χ1v) is 18.6. The molecule has 0 amide bonds. The summed E-state index contributed by atoms with van der Waals surface area (Å²) in [7, 11) is 8.66. The van der Waals surface area contributed by atoms with E-state index in [-0.39, 0.29) is 18.0 Å². The number of nitrogens with zero attached hydrogens (tertiary/aromatic N) is 2. The molecule has 0 fully saturated rings. The molecule has 0 bridgehead atoms. The monoisotopic (exact) mass is 629 g/mol. The number of likely N-dealkylation sites (N-methyl/N-ethyl adjacent to an activating group) is 2. The zero-order valence-corrected chi connectivity index (χ0v) is 30.4. The molecule has 0 heterocycles. The summed E-state index contributed by atoms with van der Waals surface area (Å²) in [4.78, 5) is 24.0. The molecule has 0 aromatic rings. The number of aliphatic hydroxyl groups excluding tert-OH is 1. The van der Waals surface area contributed by atoms with Crippen molar-refractivity contribution in [2.75, 3.05) is 67.6 Å². The summed E-state index contributed by atoms with van der Waals surface area (Å²) < 4.78 is 12.4. The number of carbonyl (C=O) groups is 2. The van der Waals surface area contributed by atoms with Crippen LogP contribution >= 0.6 is 0 Å². The van der Waals surface area contributed by atoms with Gasteiger partial charge in [-0.25, -0.2) is 0 Å². The lowest BCUT2D eigenvalue weighted by Gasteiger charge is -2.36. The van der Waals surface area contributed by atoms with E-state index in [4.69, 9.17) is 9.47 Å². The van der Waals surface area contributed by atoms with Crippen molar-refractivity contribution in [2.45, 2.75) is 161 Å². The maximum absolute atomic E-state index is 12.0. The lowest BCUT2D eigenvalue weighted by Crippen LogP contribution is -2.53. The highest BCUT2D eigenvalue weighted by atomic mass is 16.5. The molecule has 0 aromatic carbocycles. The number of unbranched alkanes of at least 4 members (excludes halogenated alkanes) is 16. The molecule has 0 aromatic heterocycles. The second-order valence-electron chi connectivity index (χ2n) is 14.6. The summed E-state index contributed by atoms with van der Waals surface area (Å²) >= 11 is 0. The SMILES string of the molecule is CCCCCCCCCCC(=O)OCCCC[N+](C)(C)CC(O)C[N+](C)(C)CCCCOC(=O)CCCCCCCCCC. The van der Waals surface area contributed by atoms with Crippen molar-refractivity contribution in [1.29, 1.82) is 0 Å². The Kier molecular flexibility index (Phi) is 27.3. The van der Waals surface area contributed by atoms with Crippen LogP contribution in [-0.4, -0.2) is 99.7 Å². The van der Waals surface area contributed by atoms with E-state index in [1.165, 1.54) is 77.0 Å². The van der Waals surface area contributed by atoms with E-state index in [0.717, 1.165) is 73.4 Å². The highest BCUT2D eigenvalue weighted by Crippen LogP contribution is 2.13. The van der Waals surface area contributed by atoms with E-state index in [1.807, 2.05) is 0 Å². The van der Waals surface area contributed by atoms with Crippen LogP contribution in [0, 0.1) is 0 Å². The van der Waals surface area contributed by atoms with Gasteiger partial charge in [0.15, 0.2) is 6.10 Å². The zero-order chi connectivity index (χ0) is 32.9. The van der Waals surface area contributed by atoms with Crippen LogP contribution in [0.15, 0.2) is 0 Å². The van der Waals surface area contributed by atoms with Gasteiger partial charge < -0.3 is 23.5 Å². The minimum atomic E-state index is -0.381. The smallest absolute Gasteiger partial charge is 0.305 e. The molecule has 7 heteroatoms. The average molecular weight is 629 g/mol. The lowest BCUT2D eigenvalue weighted by atomic mass is 10.1. The van der Waals surface area contributed by atoms with Gasteiger partial charge in [-0.2, -0.15) is 0 Å². The first-order valence-electron chi connectivity index (χ1n) is 18.6. The number of carbonyl (C=O) groups excluding carboxylic acids is 2. The van der Waals surface area contributed by atoms with Crippen LogP contribution in [0.4, 0.5) is 0 Å². The Morgan fingerprint density at radius 2 is 0.818 bits per heavy atom. The third-order valence-corrected chi connectivity index (χ3v) is 8.72. The molecule has 0 radical (unpaired) electrons. The van der Waals surface area contributed by atoms with Gasteiger partial charge in [0.2, 0.25) is 0 Å². The summed E-state index contributed by atoms with van der Waals surface area (Å²) in [5.74, 6) is -0.116. The third-order valence-electron chi connectivity index (χ3n) is 8.72. The van der Waals surface area contributed by atoms with Gasteiger partial charge in [-0.15, -0.1) is 0 Å². The quantitative estimate of drug-likeness (QED) is 0.0462. The van der Waals surface area contributed by atoms with E-state index in [2.05, 4.69) is 42.0 Å². The van der Waals surface area contributed by atoms with E-state index in [9.17, 15) is 14.7 Å². The van der Waals surface area contributed by atoms with Crippen molar-refractivity contribution in [3.05, 3.63) is 0 Å². The van der Waals surface area contributed by atoms with Crippen LogP contribution in [0.25, 0.3) is 0 Å². The van der Waals surface area contributed by atoms with Crippen LogP contribution in [0.2, 0.25) is 0 Å². The molecule has 1 N–H and O–H groups in total. The molecular formula is C37H76N2O5+2. The molecule has 0 rings (SSSR count). The van der Waals surface area contributed by atoms with E-state index >= 15 is 0 Å². The summed E-state index contributed by atoms with van der Waals surface area (Å²) in [6.45, 7) is 8.78. The first-order chi connectivity index (χ1) is 21.0. The molecule has 7 nitrogen and oxygen atoms in total. The Balaban J connectivity index is 3.85. The number of esters is 2. The van der Waals surface area contributed by atoms with E-state index in [1.54, 1.807) is 0 Å². The van der Waals surface area contributed by atoms with Crippen molar-refractivity contribution < 1.29 is 33.1 Å². The number of rotatable bonds is 32. The first kappa shape index (κ1) is 42.8. The molecule has 0 saturated carbocycles. The summed E-state index contributed by atoms with van der Waals surface area (Å²) in [6.07, 6.45) is 24.1. The fraction of sp³-hybridized carbons (Fsp3) is 0.946. The minimum absolute atomic E-state index is 0.0582. The molecule has 0 atom stereocenters. The molecule has 0 spiro atoms. The van der Waals surface area contributed by atoms with Gasteiger partial charge in [0.05, 0.1) is 54.5 Å². The lowest BCUT2D eigenvalue weighted by molar-refractivity contribution is -0.914. The Labute approximate surface area is 273 Å². The fourth-order valence-corrected chi connectivity index (χ4v) is 5.99. The van der Waals surface area contributed by atoms with E-state index < -0.39 is 0 Å². The number of quaternary nitrogens is 2. The Bertz CT molecular complexity index is 627. The predicted molar refractivity (Wildman–Crippen MR) is 185 cm³/mol. The van der Waals surface area contributed by atoms with Crippen LogP contribution in [-0.2, 0) is 19.1 Å². The topological polar surface area (TPSA) is 72.8 Å². The summed E-state index contributed by atoms with van der Waals surface area (Å²) in [5.41, 5.74) is 0. The Morgan fingerprint density at radius 3 is 1.16 bits per heavy atom. The predicted octanol–water partition coefficient (Wildman–Crippen LogP) is 8.21. The molecule has 262 valence electrons. The van der Waals surface area contributed by atoms with Crippen molar-refractivity contribution in [3.63, 3.8) is 0 Å². The highest BCUT2D eigenvalue weighted by molar-refractivity contribution is 5.69. The van der Waals surface area contributed by atoms with Gasteiger partial charge in [0, 0.05) is 12.8 Å². The normalized spacial score (nSPS) is 12.2. The number of aliphatic hydroxyl groups is 1. The second-order valence-corrected chi connectivity index (χ2v) is 14.6.